The highest BCUT2D eigenvalue weighted by Gasteiger charge is 2.32. The third-order valence-electron chi connectivity index (χ3n) is 3.57. The molecule has 1 aliphatic rings. The Hall–Kier alpha value is -1.80. The van der Waals surface area contributed by atoms with E-state index < -0.39 is 11.7 Å². The molecule has 1 amide bonds. The van der Waals surface area contributed by atoms with Crippen LogP contribution in [-0.2, 0) is 6.18 Å². The quantitative estimate of drug-likeness (QED) is 0.809. The van der Waals surface area contributed by atoms with E-state index in [2.05, 4.69) is 4.98 Å². The molecule has 1 unspecified atom stereocenters. The number of hydrogen-bond acceptors (Lipinski definition) is 4. The number of amides is 1. The summed E-state index contributed by atoms with van der Waals surface area (Å²) in [5.41, 5.74) is -0.813. The SMILES string of the molecule is O=C(c1ccc(Cl)s1)N1CCC(Oc2cc(C(F)(F)F)ccn2)C1. The molecule has 1 aliphatic heterocycles. The minimum atomic E-state index is -4.45. The molecule has 24 heavy (non-hydrogen) atoms. The van der Waals surface area contributed by atoms with Gasteiger partial charge in [-0.3, -0.25) is 4.79 Å². The van der Waals surface area contributed by atoms with Crippen LogP contribution < -0.4 is 4.74 Å². The molecule has 0 saturated carbocycles. The molecule has 1 saturated heterocycles. The van der Waals surface area contributed by atoms with Gasteiger partial charge in [0.05, 0.1) is 21.3 Å². The van der Waals surface area contributed by atoms with Gasteiger partial charge in [-0.05, 0) is 18.2 Å². The van der Waals surface area contributed by atoms with Crippen LogP contribution in [0.5, 0.6) is 5.88 Å². The first-order chi connectivity index (χ1) is 11.3. The van der Waals surface area contributed by atoms with Crippen LogP contribution in [-0.4, -0.2) is 35.0 Å². The molecule has 0 aliphatic carbocycles. The normalized spacial score (nSPS) is 18.0. The van der Waals surface area contributed by atoms with Crippen LogP contribution in [0.25, 0.3) is 0 Å². The first-order valence-corrected chi connectivity index (χ1v) is 8.27. The van der Waals surface area contributed by atoms with Crippen LogP contribution in [0.2, 0.25) is 4.34 Å². The molecular formula is C15H12ClF3N2O2S. The fourth-order valence-corrected chi connectivity index (χ4v) is 3.43. The summed E-state index contributed by atoms with van der Waals surface area (Å²) in [5, 5.41) is 0. The zero-order chi connectivity index (χ0) is 17.3. The van der Waals surface area contributed by atoms with Crippen molar-refractivity contribution in [1.82, 2.24) is 9.88 Å². The lowest BCUT2D eigenvalue weighted by Gasteiger charge is -2.16. The predicted octanol–water partition coefficient (Wildman–Crippen LogP) is 4.11. The van der Waals surface area contributed by atoms with Gasteiger partial charge in [0.1, 0.15) is 6.10 Å². The summed E-state index contributed by atoms with van der Waals surface area (Å²) in [6, 6.07) is 5.05. The number of aromatic nitrogens is 1. The van der Waals surface area contributed by atoms with Gasteiger partial charge < -0.3 is 9.64 Å². The molecule has 3 heterocycles. The first-order valence-electron chi connectivity index (χ1n) is 7.07. The summed E-state index contributed by atoms with van der Waals surface area (Å²) in [5.74, 6) is -0.252. The monoisotopic (exact) mass is 376 g/mol. The molecule has 9 heteroatoms. The Labute approximate surface area is 144 Å². The third-order valence-corrected chi connectivity index (χ3v) is 4.78. The Balaban J connectivity index is 1.63. The molecule has 0 spiro atoms. The average molecular weight is 377 g/mol. The number of rotatable bonds is 3. The van der Waals surface area contributed by atoms with Crippen LogP contribution in [0.15, 0.2) is 30.5 Å². The molecule has 2 aromatic heterocycles. The lowest BCUT2D eigenvalue weighted by molar-refractivity contribution is -0.137. The predicted molar refractivity (Wildman–Crippen MR) is 83.5 cm³/mol. The van der Waals surface area contributed by atoms with Gasteiger partial charge >= 0.3 is 6.18 Å². The van der Waals surface area contributed by atoms with Crippen LogP contribution in [0.4, 0.5) is 13.2 Å². The van der Waals surface area contributed by atoms with Crippen molar-refractivity contribution >= 4 is 28.8 Å². The molecule has 1 fully saturated rings. The van der Waals surface area contributed by atoms with Gasteiger partial charge in [0.15, 0.2) is 0 Å². The van der Waals surface area contributed by atoms with Crippen molar-refractivity contribution in [1.29, 1.82) is 0 Å². The number of halogens is 4. The first kappa shape index (κ1) is 17.0. The number of likely N-dealkylation sites (tertiary alicyclic amines) is 1. The summed E-state index contributed by atoms with van der Waals surface area (Å²) < 4.78 is 44.1. The van der Waals surface area contributed by atoms with Crippen molar-refractivity contribution < 1.29 is 22.7 Å². The molecule has 0 radical (unpaired) electrons. The van der Waals surface area contributed by atoms with Crippen LogP contribution in [0.1, 0.15) is 21.7 Å². The fraction of sp³-hybridized carbons (Fsp3) is 0.333. The minimum Gasteiger partial charge on any atom is -0.472 e. The van der Waals surface area contributed by atoms with E-state index in [1.54, 1.807) is 17.0 Å². The van der Waals surface area contributed by atoms with E-state index in [1.165, 1.54) is 11.3 Å². The smallest absolute Gasteiger partial charge is 0.416 e. The Bertz CT molecular complexity index is 750. The molecule has 0 N–H and O–H groups in total. The van der Waals surface area contributed by atoms with Gasteiger partial charge in [0.25, 0.3) is 5.91 Å². The number of nitrogens with zero attached hydrogens (tertiary/aromatic N) is 2. The van der Waals surface area contributed by atoms with Crippen molar-refractivity contribution in [3.05, 3.63) is 45.2 Å². The van der Waals surface area contributed by atoms with Gasteiger partial charge in [0.2, 0.25) is 5.88 Å². The molecule has 2 aromatic rings. The number of carbonyl (C=O) groups is 1. The van der Waals surface area contributed by atoms with Gasteiger partial charge in [-0.15, -0.1) is 11.3 Å². The third kappa shape index (κ3) is 3.81. The molecule has 0 aromatic carbocycles. The molecule has 4 nitrogen and oxygen atoms in total. The number of ether oxygens (including phenoxy) is 1. The summed E-state index contributed by atoms with van der Waals surface area (Å²) in [6.07, 6.45) is -3.25. The Morgan fingerprint density at radius 1 is 1.38 bits per heavy atom. The van der Waals surface area contributed by atoms with E-state index in [1.807, 2.05) is 0 Å². The second-order valence-corrected chi connectivity index (χ2v) is 6.98. The fourth-order valence-electron chi connectivity index (χ4n) is 2.41. The average Bonchev–Trinajstić information content (AvgIpc) is 3.15. The van der Waals surface area contributed by atoms with E-state index >= 15 is 0 Å². The van der Waals surface area contributed by atoms with Gasteiger partial charge in [-0.1, -0.05) is 11.6 Å². The zero-order valence-electron chi connectivity index (χ0n) is 12.2. The molecule has 128 valence electrons. The standard InChI is InChI=1S/C15H12ClF3N2O2S/c16-12-2-1-11(24-12)14(22)21-6-4-10(8-21)23-13-7-9(3-5-20-13)15(17,18)19/h1-3,5,7,10H,4,6,8H2. The molecule has 3 rings (SSSR count). The second-order valence-electron chi connectivity index (χ2n) is 5.26. The Morgan fingerprint density at radius 3 is 2.83 bits per heavy atom. The minimum absolute atomic E-state index is 0.0942. The van der Waals surface area contributed by atoms with Gasteiger partial charge in [-0.2, -0.15) is 13.2 Å². The number of thiophene rings is 1. The topological polar surface area (TPSA) is 42.4 Å². The van der Waals surface area contributed by atoms with E-state index in [4.69, 9.17) is 16.3 Å². The number of alkyl halides is 3. The Kier molecular flexibility index (Phi) is 4.69. The Morgan fingerprint density at radius 2 is 2.17 bits per heavy atom. The van der Waals surface area contributed by atoms with Crippen molar-refractivity contribution in [3.8, 4) is 5.88 Å². The van der Waals surface area contributed by atoms with Gasteiger partial charge in [0, 0.05) is 25.2 Å². The maximum atomic E-state index is 12.7. The summed E-state index contributed by atoms with van der Waals surface area (Å²) in [6.45, 7) is 0.768. The van der Waals surface area contributed by atoms with E-state index in [0.717, 1.165) is 18.3 Å². The van der Waals surface area contributed by atoms with E-state index in [9.17, 15) is 18.0 Å². The van der Waals surface area contributed by atoms with Crippen molar-refractivity contribution in [2.24, 2.45) is 0 Å². The number of hydrogen-bond donors (Lipinski definition) is 0. The zero-order valence-corrected chi connectivity index (χ0v) is 13.8. The lowest BCUT2D eigenvalue weighted by atomic mass is 10.2. The van der Waals surface area contributed by atoms with Crippen LogP contribution in [0.3, 0.4) is 0 Å². The van der Waals surface area contributed by atoms with Crippen molar-refractivity contribution in [2.45, 2.75) is 18.7 Å². The summed E-state index contributed by atoms with van der Waals surface area (Å²) in [7, 11) is 0. The van der Waals surface area contributed by atoms with Crippen LogP contribution >= 0.6 is 22.9 Å². The summed E-state index contributed by atoms with van der Waals surface area (Å²) in [4.78, 5) is 18.2. The number of pyridine rings is 1. The highest BCUT2D eigenvalue weighted by atomic mass is 35.5. The lowest BCUT2D eigenvalue weighted by Crippen LogP contribution is -2.30. The summed E-state index contributed by atoms with van der Waals surface area (Å²) >= 11 is 7.01. The number of carbonyl (C=O) groups excluding carboxylic acids is 1. The largest absolute Gasteiger partial charge is 0.472 e. The van der Waals surface area contributed by atoms with E-state index in [0.29, 0.717) is 28.7 Å². The second kappa shape index (κ2) is 6.60. The van der Waals surface area contributed by atoms with Crippen molar-refractivity contribution in [2.75, 3.05) is 13.1 Å². The molecular weight excluding hydrogens is 365 g/mol. The maximum absolute atomic E-state index is 12.7. The maximum Gasteiger partial charge on any atom is 0.416 e. The molecule has 0 bridgehead atoms. The highest BCUT2D eigenvalue weighted by Crippen LogP contribution is 2.31. The molecule has 1 atom stereocenters. The van der Waals surface area contributed by atoms with E-state index in [-0.39, 0.29) is 17.9 Å². The van der Waals surface area contributed by atoms with Crippen molar-refractivity contribution in [3.63, 3.8) is 0 Å². The van der Waals surface area contributed by atoms with Gasteiger partial charge in [-0.25, -0.2) is 4.98 Å². The highest BCUT2D eigenvalue weighted by molar-refractivity contribution is 7.17. The van der Waals surface area contributed by atoms with Crippen LogP contribution in [0, 0.1) is 0 Å².